The Balaban J connectivity index is 2.47. The molecule has 1 aliphatic carbocycles. The van der Waals surface area contributed by atoms with Gasteiger partial charge in [0.05, 0.1) is 31.4 Å². The number of hydrogen-bond acceptors (Lipinski definition) is 5. The fourth-order valence-electron chi connectivity index (χ4n) is 2.26. The Bertz CT molecular complexity index is 683. The minimum Gasteiger partial charge on any atom is -0.466 e. The normalized spacial score (nSPS) is 17.8. The number of nitrogens with one attached hydrogen (secondary N) is 1. The van der Waals surface area contributed by atoms with Crippen molar-refractivity contribution in [3.63, 3.8) is 0 Å². The molecule has 1 atom stereocenters. The molecule has 0 spiro atoms. The highest BCUT2D eigenvalue weighted by Crippen LogP contribution is 2.39. The standard InChI is InChI=1S/C16H15Br2NO4/c1-22-15(20)10-8-11(17)12(16(21)23-2)14(13(10)18)19-9-6-4-3-5-7-9/h3-7,14,19H,8H2,1-2H3. The second-order valence-electron chi connectivity index (χ2n) is 4.75. The maximum absolute atomic E-state index is 12.2. The summed E-state index contributed by atoms with van der Waals surface area (Å²) in [5.74, 6) is -0.913. The number of rotatable bonds is 4. The second kappa shape index (κ2) is 7.79. The van der Waals surface area contributed by atoms with Crippen LogP contribution in [-0.4, -0.2) is 32.2 Å². The van der Waals surface area contributed by atoms with Gasteiger partial charge in [0.15, 0.2) is 0 Å². The molecule has 1 N–H and O–H groups in total. The number of halogens is 2. The van der Waals surface area contributed by atoms with Gasteiger partial charge in [-0.3, -0.25) is 0 Å². The third kappa shape index (κ3) is 3.84. The van der Waals surface area contributed by atoms with Crippen molar-refractivity contribution in [1.82, 2.24) is 0 Å². The molecule has 0 aliphatic heterocycles. The third-order valence-electron chi connectivity index (χ3n) is 3.38. The van der Waals surface area contributed by atoms with Crippen LogP contribution in [0.1, 0.15) is 6.42 Å². The zero-order chi connectivity index (χ0) is 17.0. The highest BCUT2D eigenvalue weighted by Gasteiger charge is 2.35. The fraction of sp³-hybridized carbons (Fsp3) is 0.250. The van der Waals surface area contributed by atoms with Crippen LogP contribution in [0, 0.1) is 0 Å². The molecule has 0 fully saturated rings. The van der Waals surface area contributed by atoms with Crippen LogP contribution in [0.4, 0.5) is 5.69 Å². The van der Waals surface area contributed by atoms with E-state index in [1.54, 1.807) is 0 Å². The maximum atomic E-state index is 12.2. The van der Waals surface area contributed by atoms with Crippen molar-refractivity contribution in [3.05, 3.63) is 50.4 Å². The van der Waals surface area contributed by atoms with E-state index >= 15 is 0 Å². The zero-order valence-corrected chi connectivity index (χ0v) is 15.7. The van der Waals surface area contributed by atoms with E-state index in [9.17, 15) is 9.59 Å². The van der Waals surface area contributed by atoms with Gasteiger partial charge in [-0.2, -0.15) is 0 Å². The summed E-state index contributed by atoms with van der Waals surface area (Å²) in [6.07, 6.45) is 0.255. The summed E-state index contributed by atoms with van der Waals surface area (Å²) < 4.78 is 10.8. The minimum absolute atomic E-state index is 0.255. The molecule has 1 aromatic carbocycles. The average Bonchev–Trinajstić information content (AvgIpc) is 2.57. The van der Waals surface area contributed by atoms with Crippen molar-refractivity contribution < 1.29 is 19.1 Å². The number of allylic oxidation sites excluding steroid dienone is 1. The quantitative estimate of drug-likeness (QED) is 0.720. The Morgan fingerprint density at radius 2 is 1.70 bits per heavy atom. The van der Waals surface area contributed by atoms with Crippen LogP contribution >= 0.6 is 31.9 Å². The van der Waals surface area contributed by atoms with Crippen molar-refractivity contribution in [3.8, 4) is 0 Å². The predicted molar refractivity (Wildman–Crippen MR) is 94.4 cm³/mol. The smallest absolute Gasteiger partial charge is 0.337 e. The van der Waals surface area contributed by atoms with E-state index < -0.39 is 18.0 Å². The molecule has 0 saturated carbocycles. The molecule has 2 rings (SSSR count). The molecule has 7 heteroatoms. The van der Waals surface area contributed by atoms with E-state index in [-0.39, 0.29) is 6.42 Å². The number of hydrogen-bond donors (Lipinski definition) is 1. The Kier molecular flexibility index (Phi) is 6.01. The fourth-order valence-corrected chi connectivity index (χ4v) is 3.58. The highest BCUT2D eigenvalue weighted by molar-refractivity contribution is 9.12. The van der Waals surface area contributed by atoms with Crippen LogP contribution < -0.4 is 5.32 Å². The number of anilines is 1. The molecule has 0 bridgehead atoms. The first-order chi connectivity index (χ1) is 11.0. The topological polar surface area (TPSA) is 64.6 Å². The van der Waals surface area contributed by atoms with Crippen LogP contribution in [0.2, 0.25) is 0 Å². The van der Waals surface area contributed by atoms with E-state index in [0.29, 0.717) is 20.1 Å². The van der Waals surface area contributed by atoms with Gasteiger partial charge in [0.2, 0.25) is 0 Å². The Morgan fingerprint density at radius 1 is 1.09 bits per heavy atom. The summed E-state index contributed by atoms with van der Waals surface area (Å²) >= 11 is 6.83. The summed E-state index contributed by atoms with van der Waals surface area (Å²) in [6.45, 7) is 0. The van der Waals surface area contributed by atoms with Gasteiger partial charge in [0.25, 0.3) is 0 Å². The monoisotopic (exact) mass is 443 g/mol. The lowest BCUT2D eigenvalue weighted by Gasteiger charge is -2.28. The molecule has 23 heavy (non-hydrogen) atoms. The molecule has 0 amide bonds. The van der Waals surface area contributed by atoms with Gasteiger partial charge in [0.1, 0.15) is 0 Å². The van der Waals surface area contributed by atoms with Crippen molar-refractivity contribution in [2.75, 3.05) is 19.5 Å². The molecule has 0 radical (unpaired) electrons. The number of para-hydroxylation sites is 1. The van der Waals surface area contributed by atoms with Gasteiger partial charge < -0.3 is 14.8 Å². The lowest BCUT2D eigenvalue weighted by molar-refractivity contribution is -0.137. The highest BCUT2D eigenvalue weighted by atomic mass is 79.9. The first-order valence-electron chi connectivity index (χ1n) is 6.74. The van der Waals surface area contributed by atoms with Gasteiger partial charge in [-0.1, -0.05) is 50.1 Å². The number of carbonyl (C=O) groups is 2. The molecule has 1 aromatic rings. The van der Waals surface area contributed by atoms with Crippen LogP contribution in [0.15, 0.2) is 50.4 Å². The van der Waals surface area contributed by atoms with Gasteiger partial charge >= 0.3 is 11.9 Å². The average molecular weight is 445 g/mol. The molecule has 0 aromatic heterocycles. The number of carbonyl (C=O) groups excluding carboxylic acids is 2. The molecular formula is C16H15Br2NO4. The van der Waals surface area contributed by atoms with E-state index in [4.69, 9.17) is 9.47 Å². The first-order valence-corrected chi connectivity index (χ1v) is 8.33. The second-order valence-corrected chi connectivity index (χ2v) is 6.56. The summed E-state index contributed by atoms with van der Waals surface area (Å²) in [4.78, 5) is 24.1. The SMILES string of the molecule is COC(=O)C1=C(Br)C(Nc2ccccc2)C(C(=O)OC)=C(Br)C1. The molecular weight excluding hydrogens is 430 g/mol. The van der Waals surface area contributed by atoms with E-state index in [1.807, 2.05) is 30.3 Å². The van der Waals surface area contributed by atoms with Crippen molar-refractivity contribution in [2.45, 2.75) is 12.5 Å². The molecule has 0 saturated heterocycles. The molecule has 1 aliphatic rings. The van der Waals surface area contributed by atoms with E-state index in [2.05, 4.69) is 37.2 Å². The van der Waals surface area contributed by atoms with Crippen LogP contribution in [0.25, 0.3) is 0 Å². The molecule has 0 heterocycles. The Labute approximate surface area is 151 Å². The zero-order valence-electron chi connectivity index (χ0n) is 12.6. The van der Waals surface area contributed by atoms with Gasteiger partial charge in [-0.15, -0.1) is 0 Å². The van der Waals surface area contributed by atoms with Crippen LogP contribution in [0.5, 0.6) is 0 Å². The van der Waals surface area contributed by atoms with E-state index in [1.165, 1.54) is 14.2 Å². The first kappa shape index (κ1) is 17.7. The van der Waals surface area contributed by atoms with Gasteiger partial charge in [0, 0.05) is 21.1 Å². The lowest BCUT2D eigenvalue weighted by atomic mass is 9.94. The van der Waals surface area contributed by atoms with Crippen LogP contribution in [0.3, 0.4) is 0 Å². The van der Waals surface area contributed by atoms with E-state index in [0.717, 1.165) is 5.69 Å². The third-order valence-corrected chi connectivity index (χ3v) is 5.02. The predicted octanol–water partition coefficient (Wildman–Crippen LogP) is 3.51. The summed E-state index contributed by atoms with van der Waals surface area (Å²) in [5.41, 5.74) is 1.67. The maximum Gasteiger partial charge on any atom is 0.337 e. The number of benzene rings is 1. The van der Waals surface area contributed by atoms with Crippen molar-refractivity contribution in [2.24, 2.45) is 0 Å². The Morgan fingerprint density at radius 3 is 2.26 bits per heavy atom. The summed E-state index contributed by atoms with van der Waals surface area (Å²) in [5, 5.41) is 3.23. The van der Waals surface area contributed by atoms with Crippen molar-refractivity contribution >= 4 is 49.5 Å². The molecule has 5 nitrogen and oxygen atoms in total. The number of methoxy groups -OCH3 is 2. The molecule has 1 unspecified atom stereocenters. The summed E-state index contributed by atoms with van der Waals surface area (Å²) in [6, 6.07) is 8.83. The summed E-state index contributed by atoms with van der Waals surface area (Å²) in [7, 11) is 2.64. The largest absolute Gasteiger partial charge is 0.466 e. The lowest BCUT2D eigenvalue weighted by Crippen LogP contribution is -2.33. The van der Waals surface area contributed by atoms with Gasteiger partial charge in [-0.25, -0.2) is 9.59 Å². The Hall–Kier alpha value is -1.60. The molecule has 122 valence electrons. The van der Waals surface area contributed by atoms with Crippen molar-refractivity contribution in [1.29, 1.82) is 0 Å². The number of ether oxygens (including phenoxy) is 2. The number of esters is 2. The van der Waals surface area contributed by atoms with Crippen LogP contribution in [-0.2, 0) is 19.1 Å². The minimum atomic E-state index is -0.554. The van der Waals surface area contributed by atoms with Gasteiger partial charge in [-0.05, 0) is 12.1 Å².